The summed E-state index contributed by atoms with van der Waals surface area (Å²) in [5, 5.41) is 6.87. The van der Waals surface area contributed by atoms with Crippen LogP contribution in [0.25, 0.3) is 0 Å². The molecule has 1 atom stereocenters. The Bertz CT molecular complexity index is 856. The fourth-order valence-electron chi connectivity index (χ4n) is 3.69. The van der Waals surface area contributed by atoms with E-state index in [0.717, 1.165) is 23.1 Å². The molecule has 0 aliphatic carbocycles. The third-order valence-electron chi connectivity index (χ3n) is 4.79. The van der Waals surface area contributed by atoms with Crippen molar-refractivity contribution in [2.45, 2.75) is 12.0 Å². The van der Waals surface area contributed by atoms with Crippen LogP contribution >= 0.6 is 24.0 Å². The Morgan fingerprint density at radius 3 is 2.56 bits per heavy atom. The molecule has 1 amide bonds. The van der Waals surface area contributed by atoms with Crippen LogP contribution in [0.5, 0.6) is 11.5 Å². The second kappa shape index (κ2) is 6.41. The number of para-hydroxylation sites is 1. The lowest BCUT2D eigenvalue weighted by Gasteiger charge is -2.36. The number of amides is 1. The number of ether oxygens (including phenoxy) is 2. The molecule has 0 saturated carbocycles. The van der Waals surface area contributed by atoms with Gasteiger partial charge in [0.05, 0.1) is 24.9 Å². The average molecular weight is 381 g/mol. The highest BCUT2D eigenvalue weighted by Crippen LogP contribution is 2.48. The molecule has 2 aromatic rings. The molecule has 4 rings (SSSR count). The second-order valence-electron chi connectivity index (χ2n) is 5.91. The van der Waals surface area contributed by atoms with Gasteiger partial charge in [-0.1, -0.05) is 23.7 Å². The Morgan fingerprint density at radius 2 is 1.84 bits per heavy atom. The lowest BCUT2D eigenvalue weighted by atomic mass is 9.78. The van der Waals surface area contributed by atoms with Gasteiger partial charge in [-0.05, 0) is 35.7 Å². The van der Waals surface area contributed by atoms with Crippen molar-refractivity contribution in [3.05, 3.63) is 52.0 Å². The Kier molecular flexibility index (Phi) is 4.58. The first kappa shape index (κ1) is 17.9. The molecule has 0 bridgehead atoms. The number of carbonyl (C=O) groups excluding carboxylic acids is 1. The zero-order chi connectivity index (χ0) is 16.9. The summed E-state index contributed by atoms with van der Waals surface area (Å²) in [6, 6.07) is 9.40. The van der Waals surface area contributed by atoms with Gasteiger partial charge in [-0.25, -0.2) is 0 Å². The summed E-state index contributed by atoms with van der Waals surface area (Å²) >= 11 is 6.28. The minimum absolute atomic E-state index is 0. The van der Waals surface area contributed by atoms with Gasteiger partial charge >= 0.3 is 0 Å². The highest BCUT2D eigenvalue weighted by Gasteiger charge is 2.51. The first-order valence-corrected chi connectivity index (χ1v) is 8.10. The first-order chi connectivity index (χ1) is 11.6. The minimum Gasteiger partial charge on any atom is -0.493 e. The van der Waals surface area contributed by atoms with Gasteiger partial charge < -0.3 is 14.8 Å². The van der Waals surface area contributed by atoms with Gasteiger partial charge in [-0.3, -0.25) is 10.1 Å². The van der Waals surface area contributed by atoms with Crippen molar-refractivity contribution in [2.75, 3.05) is 26.1 Å². The maximum atomic E-state index is 13.0. The van der Waals surface area contributed by atoms with Gasteiger partial charge in [0, 0.05) is 12.1 Å². The van der Waals surface area contributed by atoms with E-state index in [4.69, 9.17) is 21.1 Å². The molecule has 0 saturated heterocycles. The number of benzene rings is 2. The van der Waals surface area contributed by atoms with E-state index < -0.39 is 5.54 Å². The van der Waals surface area contributed by atoms with Crippen LogP contribution in [0.4, 0.5) is 5.69 Å². The van der Waals surface area contributed by atoms with Crippen molar-refractivity contribution in [1.82, 2.24) is 5.32 Å². The Hall–Kier alpha value is -1.95. The molecule has 0 fully saturated rings. The highest BCUT2D eigenvalue weighted by molar-refractivity contribution is 6.35. The molecular formula is C18H18Cl2N2O3. The fourth-order valence-corrected chi connectivity index (χ4v) is 3.91. The van der Waals surface area contributed by atoms with Crippen LogP contribution in [0.2, 0.25) is 5.02 Å². The van der Waals surface area contributed by atoms with Crippen molar-refractivity contribution in [3.8, 4) is 11.5 Å². The molecule has 2 N–H and O–H groups in total. The highest BCUT2D eigenvalue weighted by atomic mass is 35.5. The quantitative estimate of drug-likeness (QED) is 0.840. The average Bonchev–Trinajstić information content (AvgIpc) is 2.88. The van der Waals surface area contributed by atoms with E-state index in [2.05, 4.69) is 10.6 Å². The SMILES string of the molecule is COc1cc2c(cc1OC)C1(NCC2)C(=O)Nc2c(Cl)cccc21.Cl. The second-order valence-corrected chi connectivity index (χ2v) is 6.31. The number of carbonyl (C=O) groups is 1. The van der Waals surface area contributed by atoms with Gasteiger partial charge in [0.2, 0.25) is 0 Å². The molecule has 25 heavy (non-hydrogen) atoms. The van der Waals surface area contributed by atoms with Crippen LogP contribution < -0.4 is 20.1 Å². The Balaban J connectivity index is 0.00000182. The van der Waals surface area contributed by atoms with Crippen LogP contribution in [0.15, 0.2) is 30.3 Å². The van der Waals surface area contributed by atoms with Gasteiger partial charge in [-0.2, -0.15) is 0 Å². The number of fused-ring (bicyclic) bond motifs is 4. The summed E-state index contributed by atoms with van der Waals surface area (Å²) in [6.07, 6.45) is 0.806. The zero-order valence-electron chi connectivity index (χ0n) is 13.8. The van der Waals surface area contributed by atoms with Crippen molar-refractivity contribution >= 4 is 35.6 Å². The summed E-state index contributed by atoms with van der Waals surface area (Å²) in [5.41, 5.74) is 2.50. The third-order valence-corrected chi connectivity index (χ3v) is 5.11. The monoisotopic (exact) mass is 380 g/mol. The molecule has 5 nitrogen and oxygen atoms in total. The fraction of sp³-hybridized carbons (Fsp3) is 0.278. The number of anilines is 1. The van der Waals surface area contributed by atoms with Crippen molar-refractivity contribution in [3.63, 3.8) is 0 Å². The van der Waals surface area contributed by atoms with E-state index in [1.54, 1.807) is 20.3 Å². The largest absolute Gasteiger partial charge is 0.493 e. The molecule has 2 heterocycles. The summed E-state index contributed by atoms with van der Waals surface area (Å²) in [4.78, 5) is 13.0. The number of methoxy groups -OCH3 is 2. The minimum atomic E-state index is -0.951. The summed E-state index contributed by atoms with van der Waals surface area (Å²) in [6.45, 7) is 0.682. The molecule has 132 valence electrons. The maximum absolute atomic E-state index is 13.0. The number of nitrogens with one attached hydrogen (secondary N) is 2. The van der Waals surface area contributed by atoms with E-state index >= 15 is 0 Å². The molecule has 1 unspecified atom stereocenters. The molecular weight excluding hydrogens is 363 g/mol. The van der Waals surface area contributed by atoms with Crippen LogP contribution in [-0.2, 0) is 16.8 Å². The van der Waals surface area contributed by atoms with Gasteiger partial charge in [0.15, 0.2) is 17.0 Å². The molecule has 1 spiro atoms. The first-order valence-electron chi connectivity index (χ1n) is 7.72. The lowest BCUT2D eigenvalue weighted by Crippen LogP contribution is -2.52. The third kappa shape index (κ3) is 2.38. The van der Waals surface area contributed by atoms with Gasteiger partial charge in [-0.15, -0.1) is 12.4 Å². The molecule has 2 aromatic carbocycles. The molecule has 7 heteroatoms. The molecule has 2 aliphatic rings. The van der Waals surface area contributed by atoms with E-state index in [-0.39, 0.29) is 18.3 Å². The lowest BCUT2D eigenvalue weighted by molar-refractivity contribution is -0.120. The standard InChI is InChI=1S/C18H17ClN2O3.ClH/c1-23-14-8-10-6-7-20-18(12(10)9-15(14)24-2)11-4-3-5-13(19)16(11)21-17(18)22;/h3-5,8-9,20H,6-7H2,1-2H3,(H,21,22);1H. The van der Waals surface area contributed by atoms with Crippen molar-refractivity contribution in [2.24, 2.45) is 0 Å². The predicted molar refractivity (Wildman–Crippen MR) is 99.4 cm³/mol. The van der Waals surface area contributed by atoms with E-state index in [1.807, 2.05) is 24.3 Å². The number of halogens is 2. The number of hydrogen-bond donors (Lipinski definition) is 2. The van der Waals surface area contributed by atoms with E-state index in [0.29, 0.717) is 28.8 Å². The normalized spacial score (nSPS) is 20.4. The number of rotatable bonds is 2. The summed E-state index contributed by atoms with van der Waals surface area (Å²) in [5.74, 6) is 1.14. The van der Waals surface area contributed by atoms with Crippen LogP contribution in [0.3, 0.4) is 0 Å². The zero-order valence-corrected chi connectivity index (χ0v) is 15.4. The molecule has 0 radical (unpaired) electrons. The van der Waals surface area contributed by atoms with Gasteiger partial charge in [0.25, 0.3) is 5.91 Å². The summed E-state index contributed by atoms with van der Waals surface area (Å²) in [7, 11) is 3.20. The van der Waals surface area contributed by atoms with E-state index in [1.165, 1.54) is 0 Å². The summed E-state index contributed by atoms with van der Waals surface area (Å²) < 4.78 is 10.8. The van der Waals surface area contributed by atoms with Crippen molar-refractivity contribution < 1.29 is 14.3 Å². The van der Waals surface area contributed by atoms with Crippen LogP contribution in [0.1, 0.15) is 16.7 Å². The van der Waals surface area contributed by atoms with Gasteiger partial charge in [0.1, 0.15) is 0 Å². The Morgan fingerprint density at radius 1 is 1.12 bits per heavy atom. The molecule has 2 aliphatic heterocycles. The Labute approximate surface area is 157 Å². The molecule has 0 aromatic heterocycles. The number of hydrogen-bond acceptors (Lipinski definition) is 4. The maximum Gasteiger partial charge on any atom is 0.254 e. The predicted octanol–water partition coefficient (Wildman–Crippen LogP) is 3.12. The van der Waals surface area contributed by atoms with E-state index in [9.17, 15) is 4.79 Å². The van der Waals surface area contributed by atoms with Crippen LogP contribution in [-0.4, -0.2) is 26.7 Å². The smallest absolute Gasteiger partial charge is 0.254 e. The van der Waals surface area contributed by atoms with Crippen molar-refractivity contribution in [1.29, 1.82) is 0 Å². The topological polar surface area (TPSA) is 59.6 Å². The van der Waals surface area contributed by atoms with Crippen LogP contribution in [0, 0.1) is 0 Å².